The summed E-state index contributed by atoms with van der Waals surface area (Å²) in [6.07, 6.45) is 5.88. The standard InChI is InChI=1S/C15H24N4O2/c1-3-4-12-10-21-11-13-9-18(5-6-19(12)13)15-16-7-14(20-2)8-17-15/h7-8,12-13H,3-6,9-11H2,1-2H3/t12-,13+/m0/s1. The van der Waals surface area contributed by atoms with Crippen molar-refractivity contribution in [3.05, 3.63) is 12.4 Å². The summed E-state index contributed by atoms with van der Waals surface area (Å²) in [6, 6.07) is 1.03. The number of rotatable bonds is 4. The van der Waals surface area contributed by atoms with Crippen molar-refractivity contribution in [3.8, 4) is 5.75 Å². The third-order valence-corrected chi connectivity index (χ3v) is 4.37. The normalized spacial score (nSPS) is 26.5. The van der Waals surface area contributed by atoms with Gasteiger partial charge in [-0.05, 0) is 6.42 Å². The molecule has 6 nitrogen and oxygen atoms in total. The summed E-state index contributed by atoms with van der Waals surface area (Å²) in [5.74, 6) is 1.48. The van der Waals surface area contributed by atoms with Crippen LogP contribution in [0, 0.1) is 0 Å². The summed E-state index contributed by atoms with van der Waals surface area (Å²) in [5.41, 5.74) is 0. The lowest BCUT2D eigenvalue weighted by molar-refractivity contribution is -0.0559. The van der Waals surface area contributed by atoms with Gasteiger partial charge in [-0.25, -0.2) is 9.97 Å². The van der Waals surface area contributed by atoms with E-state index in [1.807, 2.05) is 0 Å². The highest BCUT2D eigenvalue weighted by molar-refractivity contribution is 5.33. The van der Waals surface area contributed by atoms with Crippen molar-refractivity contribution < 1.29 is 9.47 Å². The van der Waals surface area contributed by atoms with Crippen LogP contribution in [0.2, 0.25) is 0 Å². The number of hydrogen-bond donors (Lipinski definition) is 0. The van der Waals surface area contributed by atoms with Gasteiger partial charge in [0.25, 0.3) is 0 Å². The first kappa shape index (κ1) is 14.5. The highest BCUT2D eigenvalue weighted by Gasteiger charge is 2.35. The van der Waals surface area contributed by atoms with Gasteiger partial charge >= 0.3 is 0 Å². The van der Waals surface area contributed by atoms with Crippen LogP contribution in [0.1, 0.15) is 19.8 Å². The minimum Gasteiger partial charge on any atom is -0.494 e. The maximum Gasteiger partial charge on any atom is 0.225 e. The fourth-order valence-corrected chi connectivity index (χ4v) is 3.28. The predicted octanol–water partition coefficient (Wildman–Crippen LogP) is 1.17. The summed E-state index contributed by atoms with van der Waals surface area (Å²) in [5, 5.41) is 0. The molecule has 2 atom stereocenters. The lowest BCUT2D eigenvalue weighted by atomic mass is 10.0. The van der Waals surface area contributed by atoms with Gasteiger partial charge < -0.3 is 14.4 Å². The van der Waals surface area contributed by atoms with Crippen LogP contribution >= 0.6 is 0 Å². The van der Waals surface area contributed by atoms with Crippen molar-refractivity contribution in [2.45, 2.75) is 31.8 Å². The van der Waals surface area contributed by atoms with E-state index in [0.29, 0.717) is 17.8 Å². The second kappa shape index (κ2) is 6.58. The zero-order valence-corrected chi connectivity index (χ0v) is 12.9. The molecular formula is C15H24N4O2. The summed E-state index contributed by atoms with van der Waals surface area (Å²) in [7, 11) is 1.63. The quantitative estimate of drug-likeness (QED) is 0.830. The van der Waals surface area contributed by atoms with Gasteiger partial charge in [-0.2, -0.15) is 0 Å². The minimum atomic E-state index is 0.453. The van der Waals surface area contributed by atoms with Crippen LogP contribution in [0.25, 0.3) is 0 Å². The largest absolute Gasteiger partial charge is 0.494 e. The molecule has 0 aromatic carbocycles. The lowest BCUT2D eigenvalue weighted by Gasteiger charge is -2.48. The predicted molar refractivity (Wildman–Crippen MR) is 80.8 cm³/mol. The summed E-state index contributed by atoms with van der Waals surface area (Å²) in [6.45, 7) is 6.91. The number of piperazine rings is 1. The number of morpholine rings is 1. The van der Waals surface area contributed by atoms with Crippen molar-refractivity contribution in [2.24, 2.45) is 0 Å². The number of ether oxygens (including phenoxy) is 2. The van der Waals surface area contributed by atoms with Gasteiger partial charge in [-0.3, -0.25) is 4.90 Å². The Balaban J connectivity index is 1.66. The fourth-order valence-electron chi connectivity index (χ4n) is 3.28. The smallest absolute Gasteiger partial charge is 0.225 e. The molecule has 2 fully saturated rings. The van der Waals surface area contributed by atoms with Crippen LogP contribution in [-0.4, -0.2) is 66.9 Å². The van der Waals surface area contributed by atoms with Gasteiger partial charge in [-0.15, -0.1) is 0 Å². The van der Waals surface area contributed by atoms with Crippen molar-refractivity contribution in [2.75, 3.05) is 44.9 Å². The SMILES string of the molecule is CCC[C@H]1COC[C@H]2CN(c3ncc(OC)cn3)CCN12. The van der Waals surface area contributed by atoms with E-state index in [-0.39, 0.29) is 0 Å². The maximum atomic E-state index is 5.80. The number of nitrogens with zero attached hydrogens (tertiary/aromatic N) is 4. The maximum absolute atomic E-state index is 5.80. The van der Waals surface area contributed by atoms with E-state index < -0.39 is 0 Å². The Bertz CT molecular complexity index is 451. The Labute approximate surface area is 126 Å². The average Bonchev–Trinajstić information content (AvgIpc) is 2.55. The second-order valence-corrected chi connectivity index (χ2v) is 5.74. The van der Waals surface area contributed by atoms with Gasteiger partial charge in [0.05, 0.1) is 38.8 Å². The van der Waals surface area contributed by atoms with E-state index in [1.165, 1.54) is 12.8 Å². The molecule has 21 heavy (non-hydrogen) atoms. The van der Waals surface area contributed by atoms with Gasteiger partial charge in [-0.1, -0.05) is 13.3 Å². The lowest BCUT2D eigenvalue weighted by Crippen LogP contribution is -2.62. The van der Waals surface area contributed by atoms with Crippen LogP contribution in [0.5, 0.6) is 5.75 Å². The van der Waals surface area contributed by atoms with Crippen LogP contribution in [-0.2, 0) is 4.74 Å². The molecule has 0 bridgehead atoms. The monoisotopic (exact) mass is 292 g/mol. The molecule has 0 unspecified atom stereocenters. The highest BCUT2D eigenvalue weighted by atomic mass is 16.5. The molecule has 1 aromatic heterocycles. The molecule has 2 aliphatic rings. The zero-order chi connectivity index (χ0) is 14.7. The number of fused-ring (bicyclic) bond motifs is 1. The fraction of sp³-hybridized carbons (Fsp3) is 0.733. The number of methoxy groups -OCH3 is 1. The molecule has 0 saturated carbocycles. The van der Waals surface area contributed by atoms with Crippen molar-refractivity contribution in [1.29, 1.82) is 0 Å². The number of anilines is 1. The van der Waals surface area contributed by atoms with E-state index in [4.69, 9.17) is 9.47 Å². The summed E-state index contributed by atoms with van der Waals surface area (Å²) < 4.78 is 10.9. The first-order valence-corrected chi connectivity index (χ1v) is 7.76. The van der Waals surface area contributed by atoms with Gasteiger partial charge in [0.2, 0.25) is 5.95 Å². The van der Waals surface area contributed by atoms with E-state index >= 15 is 0 Å². The molecule has 116 valence electrons. The molecule has 3 heterocycles. The molecule has 3 rings (SSSR count). The van der Waals surface area contributed by atoms with Crippen molar-refractivity contribution >= 4 is 5.95 Å². The number of aromatic nitrogens is 2. The molecule has 6 heteroatoms. The molecule has 0 amide bonds. The Kier molecular flexibility index (Phi) is 4.55. The molecule has 0 N–H and O–H groups in total. The van der Waals surface area contributed by atoms with Gasteiger partial charge in [0.15, 0.2) is 5.75 Å². The first-order chi connectivity index (χ1) is 10.3. The molecule has 0 radical (unpaired) electrons. The van der Waals surface area contributed by atoms with E-state index in [1.54, 1.807) is 19.5 Å². The molecule has 1 aromatic rings. The zero-order valence-electron chi connectivity index (χ0n) is 12.9. The minimum absolute atomic E-state index is 0.453. The molecule has 2 aliphatic heterocycles. The van der Waals surface area contributed by atoms with Crippen molar-refractivity contribution in [3.63, 3.8) is 0 Å². The Morgan fingerprint density at radius 3 is 2.81 bits per heavy atom. The average molecular weight is 292 g/mol. The molecular weight excluding hydrogens is 268 g/mol. The van der Waals surface area contributed by atoms with Crippen LogP contribution < -0.4 is 9.64 Å². The van der Waals surface area contributed by atoms with Gasteiger partial charge in [0, 0.05) is 25.7 Å². The van der Waals surface area contributed by atoms with Crippen LogP contribution in [0.15, 0.2) is 12.4 Å². The van der Waals surface area contributed by atoms with Crippen LogP contribution in [0.4, 0.5) is 5.95 Å². The van der Waals surface area contributed by atoms with Crippen molar-refractivity contribution in [1.82, 2.24) is 14.9 Å². The van der Waals surface area contributed by atoms with E-state index in [9.17, 15) is 0 Å². The molecule has 0 spiro atoms. The Hall–Kier alpha value is -1.40. The second-order valence-electron chi connectivity index (χ2n) is 5.74. The van der Waals surface area contributed by atoms with E-state index in [0.717, 1.165) is 38.8 Å². The van der Waals surface area contributed by atoms with Gasteiger partial charge in [0.1, 0.15) is 0 Å². The Morgan fingerprint density at radius 1 is 1.29 bits per heavy atom. The van der Waals surface area contributed by atoms with Crippen LogP contribution in [0.3, 0.4) is 0 Å². The summed E-state index contributed by atoms with van der Waals surface area (Å²) >= 11 is 0. The highest BCUT2D eigenvalue weighted by Crippen LogP contribution is 2.23. The topological polar surface area (TPSA) is 50.7 Å². The number of hydrogen-bond acceptors (Lipinski definition) is 6. The Morgan fingerprint density at radius 2 is 2.10 bits per heavy atom. The third-order valence-electron chi connectivity index (χ3n) is 4.37. The van der Waals surface area contributed by atoms with E-state index in [2.05, 4.69) is 26.7 Å². The first-order valence-electron chi connectivity index (χ1n) is 7.76. The third kappa shape index (κ3) is 3.11. The summed E-state index contributed by atoms with van der Waals surface area (Å²) in [4.78, 5) is 13.7. The molecule has 0 aliphatic carbocycles. The molecule has 2 saturated heterocycles.